The molecule has 0 aliphatic carbocycles. The average Bonchev–Trinajstić information content (AvgIpc) is 2.51. The van der Waals surface area contributed by atoms with Crippen LogP contribution in [-0.4, -0.2) is 18.3 Å². The molecule has 2 heteroatoms. The summed E-state index contributed by atoms with van der Waals surface area (Å²) in [6, 6.07) is -1.49. The van der Waals surface area contributed by atoms with Gasteiger partial charge in [-0.15, -0.1) is 0 Å². The Morgan fingerprint density at radius 2 is 1.94 bits per heavy atom. The second-order valence-corrected chi connectivity index (χ2v) is 4.18. The Kier molecular flexibility index (Phi) is 4.05. The molecule has 98 valence electrons. The summed E-state index contributed by atoms with van der Waals surface area (Å²) in [4.78, 5) is 0. The van der Waals surface area contributed by atoms with E-state index >= 15 is 0 Å². The fourth-order valence-electron chi connectivity index (χ4n) is 1.44. The van der Waals surface area contributed by atoms with Crippen LogP contribution in [0, 0.1) is 0 Å². The summed E-state index contributed by atoms with van der Waals surface area (Å²) < 4.78 is 38.5. The minimum Gasteiger partial charge on any atom is -0.392 e. The minimum absolute atomic E-state index is 0.0472. The fourth-order valence-corrected chi connectivity index (χ4v) is 1.44. The first-order valence-electron chi connectivity index (χ1n) is 8.52. The van der Waals surface area contributed by atoms with Crippen molar-refractivity contribution >= 4 is 5.69 Å². The molecule has 2 nitrogen and oxygen atoms in total. The molecule has 1 aromatic rings. The Morgan fingerprint density at radius 1 is 1.22 bits per heavy atom. The van der Waals surface area contributed by atoms with Crippen molar-refractivity contribution in [3.8, 4) is 0 Å². The molecule has 0 aliphatic heterocycles. The Balaban J connectivity index is 2.74. The van der Waals surface area contributed by atoms with Crippen molar-refractivity contribution in [3.05, 3.63) is 53.5 Å². The number of para-hydroxylation sites is 1. The van der Waals surface area contributed by atoms with Gasteiger partial charge < -0.3 is 10.4 Å². The first kappa shape index (κ1) is 8.54. The molecule has 0 unspecified atom stereocenters. The molecular weight excluding hydrogens is 222 g/mol. The Morgan fingerprint density at radius 3 is 2.61 bits per heavy atom. The van der Waals surface area contributed by atoms with Gasteiger partial charge in [-0.25, -0.2) is 0 Å². The van der Waals surface area contributed by atoms with Crippen molar-refractivity contribution in [1.29, 1.82) is 0 Å². The monoisotopic (exact) mass is 250 g/mol. The van der Waals surface area contributed by atoms with Gasteiger partial charge in [-0.3, -0.25) is 0 Å². The zero-order valence-corrected chi connectivity index (χ0v) is 10.9. The number of anilines is 1. The van der Waals surface area contributed by atoms with E-state index in [9.17, 15) is 0 Å². The second kappa shape index (κ2) is 8.54. The number of aliphatic hydroxyl groups excluding tert-OH is 1. The number of hydrogen-bond donors (Lipinski definition) is 2. The molecule has 0 aliphatic rings. The lowest BCUT2D eigenvalue weighted by atomic mass is 10.1. The number of allylic oxidation sites excluding steroid dienone is 2. The highest BCUT2D eigenvalue weighted by molar-refractivity contribution is 5.43. The van der Waals surface area contributed by atoms with Gasteiger partial charge in [0.1, 0.15) is 0 Å². The smallest absolute Gasteiger partial charge is 0.0645 e. The van der Waals surface area contributed by atoms with E-state index in [2.05, 4.69) is 5.32 Å². The SMILES string of the molecule is [2H]c1c([2H])c([2H])c(NC/C(C)=C/CC/C(C)=C/CO)c([2H])c1[2H]. The average molecular weight is 250 g/mol. The Hall–Kier alpha value is -1.54. The van der Waals surface area contributed by atoms with Crippen LogP contribution in [0.1, 0.15) is 33.5 Å². The molecule has 2 N–H and O–H groups in total. The van der Waals surface area contributed by atoms with Gasteiger partial charge in [-0.1, -0.05) is 41.4 Å². The standard InChI is InChI=1S/C16H23NO/c1-14(11-12-18)7-6-8-15(2)13-17-16-9-4-3-5-10-16/h3-5,8-11,17-18H,6-7,12-13H2,1-2H3/b14-11+,15-8+/i3D,4D,5D,9D,10D. The van der Waals surface area contributed by atoms with Crippen LogP contribution in [0.25, 0.3) is 0 Å². The van der Waals surface area contributed by atoms with E-state index in [-0.39, 0.29) is 42.5 Å². The van der Waals surface area contributed by atoms with Crippen molar-refractivity contribution in [2.75, 3.05) is 18.5 Å². The van der Waals surface area contributed by atoms with Gasteiger partial charge in [-0.2, -0.15) is 0 Å². The summed E-state index contributed by atoms with van der Waals surface area (Å²) in [7, 11) is 0. The summed E-state index contributed by atoms with van der Waals surface area (Å²) in [5, 5.41) is 11.7. The van der Waals surface area contributed by atoms with Crippen LogP contribution in [0.5, 0.6) is 0 Å². The third-order valence-corrected chi connectivity index (χ3v) is 2.52. The summed E-state index contributed by atoms with van der Waals surface area (Å²) in [6.07, 6.45) is 5.49. The zero-order chi connectivity index (χ0) is 17.6. The number of aliphatic hydroxyl groups is 1. The number of hydrogen-bond acceptors (Lipinski definition) is 2. The number of benzene rings is 1. The van der Waals surface area contributed by atoms with E-state index in [4.69, 9.17) is 12.0 Å². The van der Waals surface area contributed by atoms with Crippen molar-refractivity contribution < 1.29 is 12.0 Å². The van der Waals surface area contributed by atoms with Gasteiger partial charge in [0.25, 0.3) is 0 Å². The van der Waals surface area contributed by atoms with Crippen LogP contribution >= 0.6 is 0 Å². The molecule has 0 saturated heterocycles. The molecule has 0 heterocycles. The van der Waals surface area contributed by atoms with Gasteiger partial charge in [0.05, 0.1) is 13.5 Å². The van der Waals surface area contributed by atoms with Crippen LogP contribution in [0.15, 0.2) is 53.5 Å². The van der Waals surface area contributed by atoms with Gasteiger partial charge in [-0.05, 0) is 38.8 Å². The number of nitrogens with one attached hydrogen (secondary N) is 1. The van der Waals surface area contributed by atoms with E-state index in [1.165, 1.54) is 0 Å². The van der Waals surface area contributed by atoms with Gasteiger partial charge in [0, 0.05) is 12.2 Å². The third-order valence-electron chi connectivity index (χ3n) is 2.52. The molecule has 1 rings (SSSR count). The van der Waals surface area contributed by atoms with Crippen LogP contribution in [0.3, 0.4) is 0 Å². The van der Waals surface area contributed by atoms with E-state index in [0.29, 0.717) is 6.54 Å². The molecule has 0 saturated carbocycles. The van der Waals surface area contributed by atoms with Crippen molar-refractivity contribution in [2.24, 2.45) is 0 Å². The Labute approximate surface area is 117 Å². The number of rotatable bonds is 7. The molecule has 18 heavy (non-hydrogen) atoms. The summed E-state index contributed by atoms with van der Waals surface area (Å²) >= 11 is 0. The van der Waals surface area contributed by atoms with Crippen molar-refractivity contribution in [1.82, 2.24) is 0 Å². The molecule has 0 atom stereocenters. The van der Waals surface area contributed by atoms with Gasteiger partial charge >= 0.3 is 0 Å². The molecule has 0 aromatic heterocycles. The second-order valence-electron chi connectivity index (χ2n) is 4.18. The lowest BCUT2D eigenvalue weighted by molar-refractivity contribution is 0.341. The quantitative estimate of drug-likeness (QED) is 0.722. The highest BCUT2D eigenvalue weighted by Gasteiger charge is 1.92. The maximum Gasteiger partial charge on any atom is 0.0645 e. The Bertz CT molecular complexity index is 596. The van der Waals surface area contributed by atoms with Gasteiger partial charge in [0.2, 0.25) is 0 Å². The van der Waals surface area contributed by atoms with Crippen molar-refractivity contribution in [3.63, 3.8) is 0 Å². The summed E-state index contributed by atoms with van der Waals surface area (Å²) in [5.41, 5.74) is 2.27. The molecule has 0 bridgehead atoms. The predicted octanol–water partition coefficient (Wildman–Crippen LogP) is 3.76. The molecule has 1 aromatic carbocycles. The largest absolute Gasteiger partial charge is 0.392 e. The van der Waals surface area contributed by atoms with E-state index in [0.717, 1.165) is 24.0 Å². The van der Waals surface area contributed by atoms with Crippen LogP contribution in [0.4, 0.5) is 5.69 Å². The van der Waals surface area contributed by atoms with Crippen LogP contribution in [-0.2, 0) is 0 Å². The predicted molar refractivity (Wildman–Crippen MR) is 78.8 cm³/mol. The molecule has 0 spiro atoms. The van der Waals surface area contributed by atoms with Gasteiger partial charge in [0.15, 0.2) is 0 Å². The van der Waals surface area contributed by atoms with E-state index < -0.39 is 0 Å². The lowest BCUT2D eigenvalue weighted by Crippen LogP contribution is -2.02. The van der Waals surface area contributed by atoms with Crippen LogP contribution < -0.4 is 5.32 Å². The highest BCUT2D eigenvalue weighted by Crippen LogP contribution is 2.09. The maximum atomic E-state index is 8.79. The molecule has 0 fully saturated rings. The fraction of sp³-hybridized carbons (Fsp3) is 0.375. The summed E-state index contributed by atoms with van der Waals surface area (Å²) in [6.45, 7) is 4.35. The molecular formula is C16H23NO. The zero-order valence-electron chi connectivity index (χ0n) is 15.9. The normalized spacial score (nSPS) is 16.5. The van der Waals surface area contributed by atoms with E-state index in [1.807, 2.05) is 19.9 Å². The molecule has 0 amide bonds. The first-order valence-corrected chi connectivity index (χ1v) is 6.02. The van der Waals surface area contributed by atoms with Crippen LogP contribution in [0.2, 0.25) is 0 Å². The van der Waals surface area contributed by atoms with E-state index in [1.54, 1.807) is 6.08 Å². The highest BCUT2D eigenvalue weighted by atomic mass is 16.2. The third kappa shape index (κ3) is 6.26. The summed E-state index contributed by atoms with van der Waals surface area (Å²) in [5.74, 6) is 0. The maximum absolute atomic E-state index is 8.79. The first-order chi connectivity index (χ1) is 10.8. The van der Waals surface area contributed by atoms with Crippen molar-refractivity contribution in [2.45, 2.75) is 26.7 Å². The lowest BCUT2D eigenvalue weighted by Gasteiger charge is -2.06. The topological polar surface area (TPSA) is 32.3 Å². The minimum atomic E-state index is -0.385. The molecule has 0 radical (unpaired) electrons.